The number of aliphatic hydroxyl groups is 1. The van der Waals surface area contributed by atoms with Crippen molar-refractivity contribution in [1.82, 2.24) is 14.9 Å². The molecule has 0 bridgehead atoms. The second-order valence-electron chi connectivity index (χ2n) is 7.24. The van der Waals surface area contributed by atoms with E-state index in [0.717, 1.165) is 49.1 Å². The Labute approximate surface area is 142 Å². The van der Waals surface area contributed by atoms with Gasteiger partial charge >= 0.3 is 0 Å². The minimum absolute atomic E-state index is 0.146. The molecule has 1 saturated carbocycles. The molecule has 1 saturated heterocycles. The molecule has 2 aliphatic rings. The molecule has 5 nitrogen and oxygen atoms in total. The van der Waals surface area contributed by atoms with Crippen LogP contribution >= 0.6 is 0 Å². The lowest BCUT2D eigenvalue weighted by atomic mass is 9.80. The van der Waals surface area contributed by atoms with Crippen molar-refractivity contribution in [3.05, 3.63) is 30.1 Å². The van der Waals surface area contributed by atoms with Gasteiger partial charge in [0.2, 0.25) is 0 Å². The second-order valence-corrected chi connectivity index (χ2v) is 7.24. The highest BCUT2D eigenvalue weighted by Gasteiger charge is 2.37. The summed E-state index contributed by atoms with van der Waals surface area (Å²) in [6.45, 7) is 1.78. The van der Waals surface area contributed by atoms with Crippen LogP contribution in [0.4, 0.5) is 5.82 Å². The van der Waals surface area contributed by atoms with Gasteiger partial charge in [-0.1, -0.05) is 25.0 Å². The number of nitrogen functional groups attached to an aromatic ring is 1. The lowest BCUT2D eigenvalue weighted by Crippen LogP contribution is -2.42. The molecular weight excluding hydrogens is 300 g/mol. The van der Waals surface area contributed by atoms with Crippen molar-refractivity contribution in [3.8, 4) is 0 Å². The zero-order valence-electron chi connectivity index (χ0n) is 14.1. The fourth-order valence-corrected chi connectivity index (χ4v) is 4.53. The summed E-state index contributed by atoms with van der Waals surface area (Å²) in [5.41, 5.74) is 7.03. The first-order valence-electron chi connectivity index (χ1n) is 9.15. The molecule has 2 aromatic rings. The Balaban J connectivity index is 1.55. The van der Waals surface area contributed by atoms with E-state index >= 15 is 0 Å². The van der Waals surface area contributed by atoms with Gasteiger partial charge in [0.25, 0.3) is 0 Å². The number of benzene rings is 1. The molecule has 0 spiro atoms. The third kappa shape index (κ3) is 2.98. The number of nitrogens with zero attached hydrogens (tertiary/aromatic N) is 3. The van der Waals surface area contributed by atoms with Crippen LogP contribution in [0.2, 0.25) is 0 Å². The second kappa shape index (κ2) is 6.65. The van der Waals surface area contributed by atoms with Gasteiger partial charge in [0.15, 0.2) is 0 Å². The number of anilines is 1. The van der Waals surface area contributed by atoms with E-state index in [2.05, 4.69) is 9.88 Å². The highest BCUT2D eigenvalue weighted by atomic mass is 16.3. The molecule has 1 aliphatic heterocycles. The fourth-order valence-electron chi connectivity index (χ4n) is 4.53. The number of likely N-dealkylation sites (tertiary alicyclic amines) is 1. The Morgan fingerprint density at radius 1 is 1.08 bits per heavy atom. The quantitative estimate of drug-likeness (QED) is 0.907. The van der Waals surface area contributed by atoms with Crippen molar-refractivity contribution in [3.63, 3.8) is 0 Å². The lowest BCUT2D eigenvalue weighted by molar-refractivity contribution is 0.0196. The molecule has 0 amide bonds. The SMILES string of the molecule is Nc1nc(CN2CCC[C@@H]2[C@@H]2CCCC[C@@H]2O)nc2ccccc12. The summed E-state index contributed by atoms with van der Waals surface area (Å²) < 4.78 is 0. The summed E-state index contributed by atoms with van der Waals surface area (Å²) in [6.07, 6.45) is 6.71. The van der Waals surface area contributed by atoms with Gasteiger partial charge < -0.3 is 10.8 Å². The van der Waals surface area contributed by atoms with Crippen molar-refractivity contribution in [2.24, 2.45) is 5.92 Å². The van der Waals surface area contributed by atoms with E-state index < -0.39 is 0 Å². The fraction of sp³-hybridized carbons (Fsp3) is 0.579. The number of rotatable bonds is 3. The number of para-hydroxylation sites is 1. The molecule has 4 rings (SSSR count). The van der Waals surface area contributed by atoms with Crippen molar-refractivity contribution in [2.45, 2.75) is 57.2 Å². The van der Waals surface area contributed by atoms with Gasteiger partial charge in [-0.25, -0.2) is 9.97 Å². The minimum atomic E-state index is -0.146. The largest absolute Gasteiger partial charge is 0.393 e. The molecule has 0 radical (unpaired) electrons. The first kappa shape index (κ1) is 15.8. The number of aromatic nitrogens is 2. The normalized spacial score (nSPS) is 28.5. The minimum Gasteiger partial charge on any atom is -0.393 e. The van der Waals surface area contributed by atoms with Crippen molar-refractivity contribution in [1.29, 1.82) is 0 Å². The van der Waals surface area contributed by atoms with Gasteiger partial charge in [-0.2, -0.15) is 0 Å². The highest BCUT2D eigenvalue weighted by molar-refractivity contribution is 5.87. The molecule has 1 aromatic carbocycles. The van der Waals surface area contributed by atoms with Gasteiger partial charge in [0, 0.05) is 17.3 Å². The van der Waals surface area contributed by atoms with Gasteiger partial charge in [-0.3, -0.25) is 4.90 Å². The average Bonchev–Trinajstić information content (AvgIpc) is 3.03. The number of nitrogens with two attached hydrogens (primary N) is 1. The Bertz CT molecular complexity index is 720. The number of fused-ring (bicyclic) bond motifs is 1. The molecular formula is C19H26N4O. The van der Waals surface area contributed by atoms with Crippen molar-refractivity contribution >= 4 is 16.7 Å². The molecule has 1 aromatic heterocycles. The van der Waals surface area contributed by atoms with E-state index in [1.165, 1.54) is 19.3 Å². The number of hydrogen-bond acceptors (Lipinski definition) is 5. The first-order chi connectivity index (χ1) is 11.7. The predicted molar refractivity (Wildman–Crippen MR) is 95.3 cm³/mol. The molecule has 128 valence electrons. The van der Waals surface area contributed by atoms with Gasteiger partial charge in [-0.15, -0.1) is 0 Å². The smallest absolute Gasteiger partial charge is 0.145 e. The van der Waals surface area contributed by atoms with Crippen LogP contribution in [-0.2, 0) is 6.54 Å². The zero-order chi connectivity index (χ0) is 16.5. The van der Waals surface area contributed by atoms with Gasteiger partial charge in [0.05, 0.1) is 18.2 Å². The van der Waals surface area contributed by atoms with Crippen molar-refractivity contribution < 1.29 is 5.11 Å². The highest BCUT2D eigenvalue weighted by Crippen LogP contribution is 2.35. The van der Waals surface area contributed by atoms with Crippen LogP contribution in [-0.4, -0.2) is 38.7 Å². The van der Waals surface area contributed by atoms with Crippen LogP contribution in [0.1, 0.15) is 44.3 Å². The van der Waals surface area contributed by atoms with Gasteiger partial charge in [-0.05, 0) is 44.4 Å². The molecule has 2 fully saturated rings. The summed E-state index contributed by atoms with van der Waals surface area (Å²) in [5.74, 6) is 1.76. The van der Waals surface area contributed by atoms with Crippen LogP contribution in [0.5, 0.6) is 0 Å². The van der Waals surface area contributed by atoms with Crippen LogP contribution < -0.4 is 5.73 Å². The van der Waals surface area contributed by atoms with Crippen LogP contribution in [0.15, 0.2) is 24.3 Å². The molecule has 1 aliphatic carbocycles. The molecule has 0 unspecified atom stereocenters. The van der Waals surface area contributed by atoms with E-state index in [4.69, 9.17) is 10.7 Å². The maximum Gasteiger partial charge on any atom is 0.145 e. The molecule has 2 heterocycles. The third-order valence-electron chi connectivity index (χ3n) is 5.71. The monoisotopic (exact) mass is 326 g/mol. The van der Waals surface area contributed by atoms with E-state index in [9.17, 15) is 5.11 Å². The lowest BCUT2D eigenvalue weighted by Gasteiger charge is -2.37. The Morgan fingerprint density at radius 3 is 2.79 bits per heavy atom. The summed E-state index contributed by atoms with van der Waals surface area (Å²) in [6, 6.07) is 8.35. The van der Waals surface area contributed by atoms with Crippen LogP contribution in [0, 0.1) is 5.92 Å². The van der Waals surface area contributed by atoms with Crippen molar-refractivity contribution in [2.75, 3.05) is 12.3 Å². The average molecular weight is 326 g/mol. The van der Waals surface area contributed by atoms with E-state index in [-0.39, 0.29) is 6.10 Å². The number of aliphatic hydroxyl groups excluding tert-OH is 1. The standard InChI is InChI=1S/C19H26N4O/c20-19-13-6-1-3-8-15(13)21-18(22-19)12-23-11-5-9-16(23)14-7-2-4-10-17(14)24/h1,3,6,8,14,16-17,24H,2,4-5,7,9-12H2,(H2,20,21,22)/t14-,16+,17-/m0/s1. The van der Waals surface area contributed by atoms with Crippen LogP contribution in [0.3, 0.4) is 0 Å². The Hall–Kier alpha value is -1.72. The summed E-state index contributed by atoms with van der Waals surface area (Å²) in [4.78, 5) is 11.7. The number of hydrogen-bond donors (Lipinski definition) is 2. The molecule has 3 atom stereocenters. The predicted octanol–water partition coefficient (Wildman–Crippen LogP) is 2.73. The van der Waals surface area contributed by atoms with E-state index in [1.807, 2.05) is 24.3 Å². The van der Waals surface area contributed by atoms with Gasteiger partial charge in [0.1, 0.15) is 11.6 Å². The zero-order valence-corrected chi connectivity index (χ0v) is 14.1. The Morgan fingerprint density at radius 2 is 1.92 bits per heavy atom. The summed E-state index contributed by atoms with van der Waals surface area (Å²) in [5, 5.41) is 11.3. The van der Waals surface area contributed by atoms with E-state index in [1.54, 1.807) is 0 Å². The topological polar surface area (TPSA) is 75.3 Å². The maximum absolute atomic E-state index is 10.4. The van der Waals surface area contributed by atoms with Crippen LogP contribution in [0.25, 0.3) is 10.9 Å². The van der Waals surface area contributed by atoms with E-state index in [0.29, 0.717) is 17.8 Å². The third-order valence-corrected chi connectivity index (χ3v) is 5.71. The molecule has 3 N–H and O–H groups in total. The maximum atomic E-state index is 10.4. The summed E-state index contributed by atoms with van der Waals surface area (Å²) in [7, 11) is 0. The molecule has 24 heavy (non-hydrogen) atoms. The first-order valence-corrected chi connectivity index (χ1v) is 9.15. The Kier molecular flexibility index (Phi) is 4.37. The summed E-state index contributed by atoms with van der Waals surface area (Å²) >= 11 is 0. The molecule has 5 heteroatoms.